The van der Waals surface area contributed by atoms with Crippen molar-refractivity contribution in [3.05, 3.63) is 65.5 Å². The number of rotatable bonds is 5. The molecular formula is C17H15FN2O2. The van der Waals surface area contributed by atoms with Gasteiger partial charge in [0, 0.05) is 13.6 Å². The maximum atomic E-state index is 13.1. The van der Waals surface area contributed by atoms with Crippen LogP contribution in [0.1, 0.15) is 11.1 Å². The third-order valence-corrected chi connectivity index (χ3v) is 3.09. The van der Waals surface area contributed by atoms with Gasteiger partial charge < -0.3 is 9.64 Å². The Morgan fingerprint density at radius 3 is 2.77 bits per heavy atom. The molecule has 2 aromatic carbocycles. The highest BCUT2D eigenvalue weighted by Gasteiger charge is 2.11. The molecule has 2 rings (SSSR count). The number of para-hydroxylation sites is 1. The number of carbonyl (C=O) groups is 1. The van der Waals surface area contributed by atoms with E-state index >= 15 is 0 Å². The Balaban J connectivity index is 1.93. The van der Waals surface area contributed by atoms with E-state index in [9.17, 15) is 9.18 Å². The quantitative estimate of drug-likeness (QED) is 0.853. The first-order chi connectivity index (χ1) is 10.6. The van der Waals surface area contributed by atoms with Gasteiger partial charge in [0.15, 0.2) is 6.61 Å². The molecule has 22 heavy (non-hydrogen) atoms. The van der Waals surface area contributed by atoms with Gasteiger partial charge in [0.05, 0.1) is 5.56 Å². The van der Waals surface area contributed by atoms with E-state index in [-0.39, 0.29) is 18.3 Å². The molecule has 0 fully saturated rings. The lowest BCUT2D eigenvalue weighted by atomic mass is 10.2. The van der Waals surface area contributed by atoms with Gasteiger partial charge in [-0.1, -0.05) is 24.3 Å². The summed E-state index contributed by atoms with van der Waals surface area (Å²) in [5.41, 5.74) is 1.08. The van der Waals surface area contributed by atoms with Gasteiger partial charge in [-0.15, -0.1) is 0 Å². The van der Waals surface area contributed by atoms with Gasteiger partial charge in [0.1, 0.15) is 17.6 Å². The van der Waals surface area contributed by atoms with Crippen LogP contribution < -0.4 is 4.74 Å². The van der Waals surface area contributed by atoms with Crippen LogP contribution in [-0.2, 0) is 11.3 Å². The van der Waals surface area contributed by atoms with Crippen LogP contribution in [0.4, 0.5) is 4.39 Å². The summed E-state index contributed by atoms with van der Waals surface area (Å²) < 4.78 is 18.5. The summed E-state index contributed by atoms with van der Waals surface area (Å²) in [5, 5.41) is 8.95. The van der Waals surface area contributed by atoms with E-state index in [1.165, 1.54) is 17.0 Å². The van der Waals surface area contributed by atoms with Crippen LogP contribution in [0.15, 0.2) is 48.5 Å². The second-order valence-electron chi connectivity index (χ2n) is 4.78. The van der Waals surface area contributed by atoms with Crippen LogP contribution in [0.25, 0.3) is 0 Å². The Bertz CT molecular complexity index is 710. The third kappa shape index (κ3) is 4.06. The normalized spacial score (nSPS) is 9.86. The fourth-order valence-corrected chi connectivity index (χ4v) is 1.93. The number of halogens is 1. The lowest BCUT2D eigenvalue weighted by Crippen LogP contribution is -2.31. The molecule has 1 amide bonds. The monoisotopic (exact) mass is 298 g/mol. The maximum Gasteiger partial charge on any atom is 0.260 e. The topological polar surface area (TPSA) is 53.3 Å². The lowest BCUT2D eigenvalue weighted by Gasteiger charge is -2.18. The summed E-state index contributed by atoms with van der Waals surface area (Å²) >= 11 is 0. The van der Waals surface area contributed by atoms with Crippen LogP contribution in [0, 0.1) is 17.1 Å². The molecular weight excluding hydrogens is 283 g/mol. The van der Waals surface area contributed by atoms with E-state index in [0.29, 0.717) is 23.4 Å². The Hall–Kier alpha value is -2.87. The van der Waals surface area contributed by atoms with Crippen LogP contribution in [-0.4, -0.2) is 24.5 Å². The number of ether oxygens (including phenoxy) is 1. The first kappa shape index (κ1) is 15.5. The van der Waals surface area contributed by atoms with Crippen molar-refractivity contribution in [3.8, 4) is 11.8 Å². The summed E-state index contributed by atoms with van der Waals surface area (Å²) in [5.74, 6) is -0.216. The van der Waals surface area contributed by atoms with Gasteiger partial charge in [-0.05, 0) is 29.8 Å². The number of amides is 1. The van der Waals surface area contributed by atoms with E-state index in [1.807, 2.05) is 6.07 Å². The van der Waals surface area contributed by atoms with Crippen LogP contribution in [0.2, 0.25) is 0 Å². The van der Waals surface area contributed by atoms with Gasteiger partial charge in [0.25, 0.3) is 5.91 Å². The van der Waals surface area contributed by atoms with Crippen molar-refractivity contribution in [2.24, 2.45) is 0 Å². The molecule has 0 spiro atoms. The van der Waals surface area contributed by atoms with Crippen molar-refractivity contribution in [1.82, 2.24) is 4.90 Å². The first-order valence-corrected chi connectivity index (χ1v) is 6.70. The molecule has 0 heterocycles. The molecule has 0 aromatic heterocycles. The van der Waals surface area contributed by atoms with Crippen molar-refractivity contribution >= 4 is 5.91 Å². The average molecular weight is 298 g/mol. The molecule has 0 aliphatic heterocycles. The van der Waals surface area contributed by atoms with Gasteiger partial charge in [-0.25, -0.2) is 4.39 Å². The number of hydrogen-bond donors (Lipinski definition) is 0. The molecule has 2 aromatic rings. The number of carbonyl (C=O) groups excluding carboxylic acids is 1. The summed E-state index contributed by atoms with van der Waals surface area (Å²) in [6.45, 7) is 0.115. The summed E-state index contributed by atoms with van der Waals surface area (Å²) in [6.07, 6.45) is 0. The minimum Gasteiger partial charge on any atom is -0.482 e. The van der Waals surface area contributed by atoms with E-state index in [2.05, 4.69) is 0 Å². The highest BCUT2D eigenvalue weighted by molar-refractivity contribution is 5.77. The van der Waals surface area contributed by atoms with Crippen LogP contribution in [0.5, 0.6) is 5.75 Å². The number of nitriles is 1. The summed E-state index contributed by atoms with van der Waals surface area (Å²) in [4.78, 5) is 13.5. The van der Waals surface area contributed by atoms with Crippen molar-refractivity contribution < 1.29 is 13.9 Å². The third-order valence-electron chi connectivity index (χ3n) is 3.09. The van der Waals surface area contributed by atoms with Gasteiger partial charge >= 0.3 is 0 Å². The summed E-state index contributed by atoms with van der Waals surface area (Å²) in [7, 11) is 1.62. The molecule has 0 saturated carbocycles. The van der Waals surface area contributed by atoms with E-state index < -0.39 is 0 Å². The average Bonchev–Trinajstić information content (AvgIpc) is 2.52. The van der Waals surface area contributed by atoms with E-state index in [0.717, 1.165) is 0 Å². The number of hydrogen-bond acceptors (Lipinski definition) is 3. The zero-order chi connectivity index (χ0) is 15.9. The highest BCUT2D eigenvalue weighted by Crippen LogP contribution is 2.16. The molecule has 0 atom stereocenters. The molecule has 0 aliphatic carbocycles. The second-order valence-corrected chi connectivity index (χ2v) is 4.78. The molecule has 5 heteroatoms. The highest BCUT2D eigenvalue weighted by atomic mass is 19.1. The molecule has 0 aliphatic rings. The number of nitrogens with zero attached hydrogens (tertiary/aromatic N) is 2. The predicted octanol–water partition coefficient (Wildman–Crippen LogP) is 2.73. The second kappa shape index (κ2) is 7.23. The Labute approximate surface area is 128 Å². The molecule has 0 bridgehead atoms. The zero-order valence-electron chi connectivity index (χ0n) is 12.1. The standard InChI is InChI=1S/C17H15FN2O2/c1-20(11-13-5-4-7-15(18)9-13)17(21)12-22-16-8-3-2-6-14(16)10-19/h2-9H,11-12H2,1H3. The first-order valence-electron chi connectivity index (χ1n) is 6.70. The maximum absolute atomic E-state index is 13.1. The largest absolute Gasteiger partial charge is 0.482 e. The SMILES string of the molecule is CN(Cc1cccc(F)c1)C(=O)COc1ccccc1C#N. The van der Waals surface area contributed by atoms with Crippen LogP contribution >= 0.6 is 0 Å². The molecule has 112 valence electrons. The predicted molar refractivity (Wildman–Crippen MR) is 79.5 cm³/mol. The molecule has 0 radical (unpaired) electrons. The van der Waals surface area contributed by atoms with E-state index in [1.54, 1.807) is 43.4 Å². The molecule has 4 nitrogen and oxygen atoms in total. The molecule has 0 N–H and O–H groups in total. The van der Waals surface area contributed by atoms with Gasteiger partial charge in [0.2, 0.25) is 0 Å². The van der Waals surface area contributed by atoms with Gasteiger partial charge in [-0.3, -0.25) is 4.79 Å². The van der Waals surface area contributed by atoms with E-state index in [4.69, 9.17) is 10.00 Å². The fourth-order valence-electron chi connectivity index (χ4n) is 1.93. The van der Waals surface area contributed by atoms with Crippen molar-refractivity contribution in [3.63, 3.8) is 0 Å². The van der Waals surface area contributed by atoms with Crippen LogP contribution in [0.3, 0.4) is 0 Å². The summed E-state index contributed by atoms with van der Waals surface area (Å²) in [6, 6.07) is 14.8. The Kier molecular flexibility index (Phi) is 5.10. The van der Waals surface area contributed by atoms with Gasteiger partial charge in [-0.2, -0.15) is 5.26 Å². The van der Waals surface area contributed by atoms with Crippen molar-refractivity contribution in [1.29, 1.82) is 5.26 Å². The van der Waals surface area contributed by atoms with Crippen molar-refractivity contribution in [2.45, 2.75) is 6.54 Å². The number of likely N-dealkylation sites (N-methyl/N-ethyl adjacent to an activating group) is 1. The minimum absolute atomic E-state index is 0.176. The Morgan fingerprint density at radius 2 is 2.05 bits per heavy atom. The smallest absolute Gasteiger partial charge is 0.260 e. The van der Waals surface area contributed by atoms with Crippen molar-refractivity contribution in [2.75, 3.05) is 13.7 Å². The molecule has 0 saturated heterocycles. The fraction of sp³-hybridized carbons (Fsp3) is 0.176. The number of benzene rings is 2. The molecule has 0 unspecified atom stereocenters. The zero-order valence-corrected chi connectivity index (χ0v) is 12.1. The minimum atomic E-state index is -0.336. The lowest BCUT2D eigenvalue weighted by molar-refractivity contribution is -0.132. The Morgan fingerprint density at radius 1 is 1.27 bits per heavy atom.